The van der Waals surface area contributed by atoms with Gasteiger partial charge in [-0.1, -0.05) is 85.8 Å². The highest BCUT2D eigenvalue weighted by Gasteiger charge is 2.21. The van der Waals surface area contributed by atoms with Crippen LogP contribution in [0.5, 0.6) is 0 Å². The molecule has 0 aliphatic heterocycles. The van der Waals surface area contributed by atoms with Crippen molar-refractivity contribution in [2.75, 3.05) is 11.9 Å². The molecule has 0 aromatic heterocycles. The molecule has 3 rings (SSSR count). The van der Waals surface area contributed by atoms with E-state index in [2.05, 4.69) is 5.32 Å². The molecule has 0 saturated carbocycles. The van der Waals surface area contributed by atoms with Crippen LogP contribution in [0.4, 0.5) is 5.69 Å². The van der Waals surface area contributed by atoms with Gasteiger partial charge >= 0.3 is 5.97 Å². The molecule has 0 unspecified atom stereocenters. The van der Waals surface area contributed by atoms with Crippen LogP contribution in [0.25, 0.3) is 11.1 Å². The lowest BCUT2D eigenvalue weighted by atomic mass is 9.97. The number of amides is 1. The highest BCUT2D eigenvalue weighted by Crippen LogP contribution is 2.27. The third-order valence-corrected chi connectivity index (χ3v) is 4.53. The Bertz CT molecular complexity index is 923. The molecule has 0 fully saturated rings. The van der Waals surface area contributed by atoms with Crippen LogP contribution in [0.2, 0.25) is 0 Å². The number of carbonyl (C=O) groups is 2. The van der Waals surface area contributed by atoms with Gasteiger partial charge in [-0.25, -0.2) is 0 Å². The number of esters is 1. The third kappa shape index (κ3) is 4.86. The maximum Gasteiger partial charge on any atom is 0.313 e. The first-order valence-corrected chi connectivity index (χ1v) is 9.35. The summed E-state index contributed by atoms with van der Waals surface area (Å²) in [5.41, 5.74) is 3.50. The van der Waals surface area contributed by atoms with Gasteiger partial charge in [-0.3, -0.25) is 9.59 Å². The van der Waals surface area contributed by atoms with Gasteiger partial charge in [0.1, 0.15) is 0 Å². The van der Waals surface area contributed by atoms with Crippen LogP contribution in [0.15, 0.2) is 84.9 Å². The Morgan fingerprint density at radius 1 is 0.857 bits per heavy atom. The maximum absolute atomic E-state index is 12.4. The molecular weight excluding hydrogens is 350 g/mol. The fraction of sp³-hybridized carbons (Fsp3) is 0.167. The molecular formula is C24H23NO3. The average molecular weight is 373 g/mol. The van der Waals surface area contributed by atoms with E-state index < -0.39 is 0 Å². The van der Waals surface area contributed by atoms with E-state index >= 15 is 0 Å². The number of carbonyl (C=O) groups excluding carboxylic acids is 2. The lowest BCUT2D eigenvalue weighted by molar-refractivity contribution is -0.149. The Morgan fingerprint density at radius 2 is 1.46 bits per heavy atom. The number of nitrogens with one attached hydrogen (secondary N) is 1. The molecule has 0 spiro atoms. The molecule has 0 bridgehead atoms. The predicted molar refractivity (Wildman–Crippen MR) is 111 cm³/mol. The Hall–Kier alpha value is -3.40. The van der Waals surface area contributed by atoms with Crippen LogP contribution < -0.4 is 5.32 Å². The number of anilines is 1. The average Bonchev–Trinajstić information content (AvgIpc) is 2.74. The summed E-state index contributed by atoms with van der Waals surface area (Å²) in [6.45, 7) is 1.61. The fourth-order valence-corrected chi connectivity index (χ4v) is 3.11. The van der Waals surface area contributed by atoms with Crippen molar-refractivity contribution in [3.63, 3.8) is 0 Å². The second-order valence-corrected chi connectivity index (χ2v) is 6.44. The first kappa shape index (κ1) is 19.4. The second-order valence-electron chi connectivity index (χ2n) is 6.44. The minimum atomic E-state index is -0.389. The molecule has 1 atom stereocenters. The van der Waals surface area contributed by atoms with Crippen molar-refractivity contribution >= 4 is 17.6 Å². The second kappa shape index (κ2) is 9.51. The van der Waals surface area contributed by atoms with E-state index in [9.17, 15) is 9.59 Å². The topological polar surface area (TPSA) is 55.4 Å². The lowest BCUT2D eigenvalue weighted by Crippen LogP contribution is -2.24. The highest BCUT2D eigenvalue weighted by molar-refractivity contribution is 5.97. The number of hydrogen-bond acceptors (Lipinski definition) is 3. The number of ether oxygens (including phenoxy) is 1. The van der Waals surface area contributed by atoms with Crippen LogP contribution >= 0.6 is 0 Å². The quantitative estimate of drug-likeness (QED) is 0.591. The number of benzene rings is 3. The molecule has 1 N–H and O–H groups in total. The Morgan fingerprint density at radius 3 is 2.14 bits per heavy atom. The van der Waals surface area contributed by atoms with Crippen molar-refractivity contribution < 1.29 is 14.3 Å². The Labute approximate surface area is 165 Å². The van der Waals surface area contributed by atoms with Gasteiger partial charge in [-0.2, -0.15) is 0 Å². The van der Waals surface area contributed by atoms with E-state index in [4.69, 9.17) is 4.74 Å². The largest absolute Gasteiger partial charge is 0.455 e. The summed E-state index contributed by atoms with van der Waals surface area (Å²) in [5.74, 6) is -1.12. The van der Waals surface area contributed by atoms with Crippen molar-refractivity contribution in [3.05, 3.63) is 90.5 Å². The molecule has 28 heavy (non-hydrogen) atoms. The molecule has 4 heteroatoms. The smallest absolute Gasteiger partial charge is 0.313 e. The third-order valence-electron chi connectivity index (χ3n) is 4.53. The van der Waals surface area contributed by atoms with Gasteiger partial charge < -0.3 is 10.1 Å². The summed E-state index contributed by atoms with van der Waals surface area (Å²) in [4.78, 5) is 24.8. The number of hydrogen-bond donors (Lipinski definition) is 1. The van der Waals surface area contributed by atoms with Gasteiger partial charge in [-0.15, -0.1) is 0 Å². The molecule has 1 amide bonds. The van der Waals surface area contributed by atoms with Crippen LogP contribution in [-0.4, -0.2) is 18.5 Å². The SMILES string of the molecule is CC[C@H](C(=O)OCC(=O)Nc1ccccc1-c1ccccc1)c1ccccc1. The van der Waals surface area contributed by atoms with Crippen molar-refractivity contribution in [3.8, 4) is 11.1 Å². The summed E-state index contributed by atoms with van der Waals surface area (Å²) < 4.78 is 5.28. The van der Waals surface area contributed by atoms with Gasteiger partial charge in [0.25, 0.3) is 5.91 Å². The van der Waals surface area contributed by atoms with Gasteiger partial charge in [0, 0.05) is 11.3 Å². The van der Waals surface area contributed by atoms with E-state index in [-0.39, 0.29) is 24.4 Å². The summed E-state index contributed by atoms with van der Waals surface area (Å²) in [7, 11) is 0. The van der Waals surface area contributed by atoms with Gasteiger partial charge in [0.05, 0.1) is 5.92 Å². The van der Waals surface area contributed by atoms with Gasteiger partial charge in [0.2, 0.25) is 0 Å². The van der Waals surface area contributed by atoms with Crippen molar-refractivity contribution in [1.82, 2.24) is 0 Å². The zero-order valence-corrected chi connectivity index (χ0v) is 15.8. The molecule has 0 aliphatic carbocycles. The first-order chi connectivity index (χ1) is 13.7. The molecule has 0 heterocycles. The van der Waals surface area contributed by atoms with Crippen LogP contribution in [0.3, 0.4) is 0 Å². The summed E-state index contributed by atoms with van der Waals surface area (Å²) in [5, 5.41) is 2.84. The van der Waals surface area contributed by atoms with Crippen LogP contribution in [-0.2, 0) is 14.3 Å². The minimum absolute atomic E-state index is 0.314. The predicted octanol–water partition coefficient (Wildman–Crippen LogP) is 5.03. The van der Waals surface area contributed by atoms with E-state index in [0.29, 0.717) is 12.1 Å². The number of para-hydroxylation sites is 1. The Kier molecular flexibility index (Phi) is 6.58. The van der Waals surface area contributed by atoms with Crippen LogP contribution in [0, 0.1) is 0 Å². The lowest BCUT2D eigenvalue weighted by Gasteiger charge is -2.15. The maximum atomic E-state index is 12.4. The van der Waals surface area contributed by atoms with E-state index in [1.807, 2.05) is 91.9 Å². The standard InChI is InChI=1S/C24H23NO3/c1-2-20(18-11-5-3-6-12-18)24(27)28-17-23(26)25-22-16-10-9-15-21(22)19-13-7-4-8-14-19/h3-16,20H,2,17H2,1H3,(H,25,26)/t20-/m0/s1. The van der Waals surface area contributed by atoms with E-state index in [1.54, 1.807) is 0 Å². The molecule has 0 saturated heterocycles. The molecule has 0 radical (unpaired) electrons. The van der Waals surface area contributed by atoms with Crippen LogP contribution in [0.1, 0.15) is 24.8 Å². The van der Waals surface area contributed by atoms with Crippen molar-refractivity contribution in [2.45, 2.75) is 19.3 Å². The summed E-state index contributed by atoms with van der Waals surface area (Å²) >= 11 is 0. The molecule has 4 nitrogen and oxygen atoms in total. The summed E-state index contributed by atoms with van der Waals surface area (Å²) in [6, 6.07) is 26.8. The van der Waals surface area contributed by atoms with Gasteiger partial charge in [0.15, 0.2) is 6.61 Å². The molecule has 3 aromatic rings. The number of rotatable bonds is 7. The highest BCUT2D eigenvalue weighted by atomic mass is 16.5. The first-order valence-electron chi connectivity index (χ1n) is 9.35. The molecule has 3 aromatic carbocycles. The monoisotopic (exact) mass is 373 g/mol. The van der Waals surface area contributed by atoms with E-state index in [0.717, 1.165) is 16.7 Å². The minimum Gasteiger partial charge on any atom is -0.455 e. The molecule has 0 aliphatic rings. The molecule has 142 valence electrons. The zero-order valence-electron chi connectivity index (χ0n) is 15.8. The summed E-state index contributed by atoms with van der Waals surface area (Å²) in [6.07, 6.45) is 0.612. The van der Waals surface area contributed by atoms with E-state index in [1.165, 1.54) is 0 Å². The fourth-order valence-electron chi connectivity index (χ4n) is 3.11. The Balaban J connectivity index is 1.63. The van der Waals surface area contributed by atoms with Gasteiger partial charge in [-0.05, 0) is 23.6 Å². The normalized spacial score (nSPS) is 11.5. The zero-order chi connectivity index (χ0) is 19.8. The van der Waals surface area contributed by atoms with Crippen molar-refractivity contribution in [1.29, 1.82) is 0 Å². The van der Waals surface area contributed by atoms with Crippen molar-refractivity contribution in [2.24, 2.45) is 0 Å².